The third kappa shape index (κ3) is 43.5. The Morgan fingerprint density at radius 3 is 1.47 bits per heavy atom. The number of nitrogens with one attached hydrogen (secondary N) is 1. The number of aliphatic hydroxyl groups excluding tert-OH is 1. The zero-order valence-electron chi connectivity index (χ0n) is 35.6. The minimum Gasteiger partial charge on any atom is -0.463 e. The van der Waals surface area contributed by atoms with Crippen LogP contribution in [-0.2, 0) is 27.9 Å². The lowest BCUT2D eigenvalue weighted by atomic mass is 10.0. The molecule has 1 amide bonds. The first-order valence-electron chi connectivity index (χ1n) is 22.8. The number of unbranched alkanes of at least 4 members (excludes halogenated alkanes) is 26. The van der Waals surface area contributed by atoms with Crippen molar-refractivity contribution in [3.63, 3.8) is 0 Å². The molecule has 0 aliphatic carbocycles. The summed E-state index contributed by atoms with van der Waals surface area (Å²) in [6.07, 6.45) is 45.3. The second-order valence-corrected chi connectivity index (χ2v) is 16.8. The summed E-state index contributed by atoms with van der Waals surface area (Å²) in [5.41, 5.74) is 0. The van der Waals surface area contributed by atoms with Crippen LogP contribution in [0.25, 0.3) is 0 Å². The second-order valence-electron chi connectivity index (χ2n) is 15.4. The predicted octanol–water partition coefficient (Wildman–Crippen LogP) is 12.8. The number of rotatable bonds is 43. The molecule has 0 saturated heterocycles. The lowest BCUT2D eigenvalue weighted by Crippen LogP contribution is -2.27. The van der Waals surface area contributed by atoms with Crippen molar-refractivity contribution in [3.05, 3.63) is 24.3 Å². The Hall–Kier alpha value is -1.51. The Morgan fingerprint density at radius 2 is 0.982 bits per heavy atom. The van der Waals surface area contributed by atoms with Crippen LogP contribution in [0.1, 0.15) is 219 Å². The number of hydrogen-bond acceptors (Lipinski definition) is 7. The molecule has 0 bridgehead atoms. The van der Waals surface area contributed by atoms with Crippen LogP contribution in [0.15, 0.2) is 24.3 Å². The molecule has 10 heteroatoms. The van der Waals surface area contributed by atoms with E-state index in [9.17, 15) is 24.2 Å². The van der Waals surface area contributed by atoms with Gasteiger partial charge in [0.05, 0.1) is 13.2 Å². The molecule has 0 rings (SSSR count). The van der Waals surface area contributed by atoms with Crippen molar-refractivity contribution in [1.29, 1.82) is 0 Å². The summed E-state index contributed by atoms with van der Waals surface area (Å²) in [6.45, 7) is 3.55. The zero-order chi connectivity index (χ0) is 40.3. The molecule has 0 aromatic heterocycles. The molecule has 55 heavy (non-hydrogen) atoms. The zero-order valence-corrected chi connectivity index (χ0v) is 36.5. The molecule has 0 aliphatic rings. The van der Waals surface area contributed by atoms with E-state index in [2.05, 4.69) is 43.5 Å². The number of aliphatic hydroxyl groups is 1. The Kier molecular flexibility index (Phi) is 40.9. The average molecular weight is 800 g/mol. The highest BCUT2D eigenvalue weighted by Gasteiger charge is 2.23. The van der Waals surface area contributed by atoms with Gasteiger partial charge in [-0.3, -0.25) is 18.6 Å². The van der Waals surface area contributed by atoms with E-state index in [0.29, 0.717) is 6.42 Å². The Labute approximate surface area is 338 Å². The number of ether oxygens (including phenoxy) is 1. The Morgan fingerprint density at radius 1 is 0.564 bits per heavy atom. The maximum atomic E-state index is 12.1. The van der Waals surface area contributed by atoms with E-state index in [-0.39, 0.29) is 32.1 Å². The molecule has 0 spiro atoms. The van der Waals surface area contributed by atoms with Crippen molar-refractivity contribution in [2.45, 2.75) is 225 Å². The van der Waals surface area contributed by atoms with E-state index in [1.165, 1.54) is 128 Å². The topological polar surface area (TPSA) is 131 Å². The van der Waals surface area contributed by atoms with E-state index in [4.69, 9.17) is 13.8 Å². The van der Waals surface area contributed by atoms with Gasteiger partial charge in [0, 0.05) is 19.4 Å². The molecule has 2 unspecified atom stereocenters. The number of phosphoric ester groups is 1. The van der Waals surface area contributed by atoms with E-state index in [1.807, 2.05) is 0 Å². The predicted molar refractivity (Wildman–Crippen MR) is 229 cm³/mol. The molecule has 2 atom stereocenters. The fourth-order valence-corrected chi connectivity index (χ4v) is 7.17. The van der Waals surface area contributed by atoms with Crippen LogP contribution in [0.3, 0.4) is 0 Å². The molecule has 324 valence electrons. The van der Waals surface area contributed by atoms with Crippen LogP contribution in [0.5, 0.6) is 0 Å². The van der Waals surface area contributed by atoms with Gasteiger partial charge in [-0.15, -0.1) is 0 Å². The van der Waals surface area contributed by atoms with Gasteiger partial charge >= 0.3 is 13.8 Å². The molecule has 0 radical (unpaired) electrons. The fraction of sp³-hybridized carbons (Fsp3) is 0.867. The van der Waals surface area contributed by atoms with Crippen molar-refractivity contribution >= 4 is 19.7 Å². The number of phosphoric acid groups is 1. The van der Waals surface area contributed by atoms with Crippen molar-refractivity contribution in [2.75, 3.05) is 26.4 Å². The van der Waals surface area contributed by atoms with E-state index in [0.717, 1.165) is 64.2 Å². The molecule has 0 saturated carbocycles. The summed E-state index contributed by atoms with van der Waals surface area (Å²) in [6, 6.07) is 0. The maximum absolute atomic E-state index is 12.1. The van der Waals surface area contributed by atoms with Crippen LogP contribution in [0, 0.1) is 0 Å². The Balaban J connectivity index is 3.58. The summed E-state index contributed by atoms with van der Waals surface area (Å²) in [5.74, 6) is -0.523. The van der Waals surface area contributed by atoms with Crippen LogP contribution >= 0.6 is 7.82 Å². The first-order valence-corrected chi connectivity index (χ1v) is 24.3. The standard InChI is InChI=1S/C45H86NO8P/c1-3-5-7-9-11-13-15-17-19-21-22-24-26-28-30-32-34-36-38-45(49)52-41-43(47)42-54-55(50,51)53-40-39-46-44(48)37-35-33-31-29-27-25-23-20-18-16-14-12-10-8-6-4-2/h14,16,20,23,43,47H,3-13,15,17-19,21-22,24-42H2,1-2H3,(H,46,48)(H,50,51)/b16-14-,23-20-. The normalized spacial score (nSPS) is 13.5. The molecule has 3 N–H and O–H groups in total. The molecule has 0 aromatic rings. The summed E-state index contributed by atoms with van der Waals surface area (Å²) in [4.78, 5) is 33.9. The highest BCUT2D eigenvalue weighted by Crippen LogP contribution is 2.42. The lowest BCUT2D eigenvalue weighted by Gasteiger charge is -2.15. The van der Waals surface area contributed by atoms with Gasteiger partial charge in [0.15, 0.2) is 0 Å². The summed E-state index contributed by atoms with van der Waals surface area (Å²) in [7, 11) is -4.42. The largest absolute Gasteiger partial charge is 0.472 e. The SMILES string of the molecule is CCCCCC/C=C\C/C=C\CCCCCCCC(=O)NCCOP(=O)(O)OCC(O)COC(=O)CCCCCCCCCCCCCCCCCCCC. The number of carbonyl (C=O) groups excluding carboxylic acids is 2. The summed E-state index contributed by atoms with van der Waals surface area (Å²) >= 11 is 0. The molecule has 0 aromatic carbocycles. The number of esters is 1. The quantitative estimate of drug-likeness (QED) is 0.0240. The van der Waals surface area contributed by atoms with E-state index in [1.54, 1.807) is 0 Å². The summed E-state index contributed by atoms with van der Waals surface area (Å²) < 4.78 is 26.9. The first-order chi connectivity index (χ1) is 26.8. The molecular weight excluding hydrogens is 713 g/mol. The number of allylic oxidation sites excluding steroid dienone is 4. The van der Waals surface area contributed by atoms with Gasteiger partial charge in [0.25, 0.3) is 0 Å². The van der Waals surface area contributed by atoms with Crippen molar-refractivity contribution in [1.82, 2.24) is 5.32 Å². The van der Waals surface area contributed by atoms with Gasteiger partial charge in [-0.1, -0.05) is 186 Å². The molecule has 9 nitrogen and oxygen atoms in total. The van der Waals surface area contributed by atoms with E-state index >= 15 is 0 Å². The first kappa shape index (κ1) is 53.5. The highest BCUT2D eigenvalue weighted by atomic mass is 31.2. The third-order valence-corrected chi connectivity index (χ3v) is 10.9. The summed E-state index contributed by atoms with van der Waals surface area (Å²) in [5, 5.41) is 12.7. The Bertz CT molecular complexity index is 959. The van der Waals surface area contributed by atoms with Crippen molar-refractivity contribution in [2.24, 2.45) is 0 Å². The monoisotopic (exact) mass is 800 g/mol. The maximum Gasteiger partial charge on any atom is 0.472 e. The molecule has 0 aliphatic heterocycles. The van der Waals surface area contributed by atoms with Gasteiger partial charge in [0.2, 0.25) is 5.91 Å². The number of carbonyl (C=O) groups is 2. The molecule has 0 heterocycles. The highest BCUT2D eigenvalue weighted by molar-refractivity contribution is 7.47. The average Bonchev–Trinajstić information content (AvgIpc) is 3.17. The smallest absolute Gasteiger partial charge is 0.463 e. The van der Waals surface area contributed by atoms with Gasteiger partial charge in [0.1, 0.15) is 12.7 Å². The van der Waals surface area contributed by atoms with Crippen LogP contribution in [-0.4, -0.2) is 54.3 Å². The van der Waals surface area contributed by atoms with Crippen LogP contribution in [0.2, 0.25) is 0 Å². The number of hydrogen-bond donors (Lipinski definition) is 3. The number of amides is 1. The van der Waals surface area contributed by atoms with Crippen molar-refractivity contribution in [3.8, 4) is 0 Å². The van der Waals surface area contributed by atoms with Gasteiger partial charge in [-0.05, 0) is 44.9 Å². The van der Waals surface area contributed by atoms with Gasteiger partial charge < -0.3 is 20.1 Å². The minimum absolute atomic E-state index is 0.0761. The fourth-order valence-electron chi connectivity index (χ4n) is 6.41. The van der Waals surface area contributed by atoms with Crippen LogP contribution < -0.4 is 5.32 Å². The third-order valence-electron chi connectivity index (χ3n) is 9.88. The van der Waals surface area contributed by atoms with Crippen molar-refractivity contribution < 1.29 is 37.9 Å². The van der Waals surface area contributed by atoms with Crippen LogP contribution in [0.4, 0.5) is 0 Å². The lowest BCUT2D eigenvalue weighted by molar-refractivity contribution is -0.147. The van der Waals surface area contributed by atoms with Gasteiger partial charge in [-0.25, -0.2) is 4.57 Å². The van der Waals surface area contributed by atoms with Gasteiger partial charge in [-0.2, -0.15) is 0 Å². The van der Waals surface area contributed by atoms with E-state index < -0.39 is 26.5 Å². The second kappa shape index (κ2) is 42.1. The molecular formula is C45H86NO8P. The molecule has 0 fully saturated rings. The minimum atomic E-state index is -4.42.